The number of nitrogens with one attached hydrogen (secondary N) is 2. The van der Waals surface area contributed by atoms with Gasteiger partial charge in [-0.3, -0.25) is 4.79 Å². The topological polar surface area (TPSA) is 62.8 Å². The minimum atomic E-state index is -0.0222. The van der Waals surface area contributed by atoms with E-state index in [0.29, 0.717) is 18.7 Å². The van der Waals surface area contributed by atoms with Crippen LogP contribution in [0.1, 0.15) is 29.6 Å². The maximum atomic E-state index is 12.2. The molecule has 0 bridgehead atoms. The van der Waals surface area contributed by atoms with Gasteiger partial charge in [0.1, 0.15) is 12.4 Å². The van der Waals surface area contributed by atoms with Crippen LogP contribution in [0.4, 0.5) is 0 Å². The first-order valence-corrected chi connectivity index (χ1v) is 9.37. The number of piperazine rings is 1. The summed E-state index contributed by atoms with van der Waals surface area (Å²) in [6.07, 6.45) is 3.36. The maximum Gasteiger partial charge on any atom is 0.251 e. The van der Waals surface area contributed by atoms with Crippen molar-refractivity contribution in [2.75, 3.05) is 52.5 Å². The second-order valence-electron chi connectivity index (χ2n) is 6.67. The van der Waals surface area contributed by atoms with E-state index in [9.17, 15) is 4.79 Å². The maximum absolute atomic E-state index is 12.2. The average molecular weight is 384 g/mol. The molecule has 1 amide bonds. The Bertz CT molecular complexity index is 529. The lowest BCUT2D eigenvalue weighted by Crippen LogP contribution is -2.44. The minimum Gasteiger partial charge on any atom is -0.491 e. The van der Waals surface area contributed by atoms with Gasteiger partial charge in [0.2, 0.25) is 0 Å². The fourth-order valence-corrected chi connectivity index (χ4v) is 3.21. The van der Waals surface area contributed by atoms with Crippen molar-refractivity contribution in [3.63, 3.8) is 0 Å². The van der Waals surface area contributed by atoms with Crippen LogP contribution in [0.5, 0.6) is 5.75 Å². The number of halogens is 1. The highest BCUT2D eigenvalue weighted by atomic mass is 35.5. The third-order valence-electron chi connectivity index (χ3n) is 4.72. The molecule has 2 aliphatic heterocycles. The van der Waals surface area contributed by atoms with Gasteiger partial charge in [-0.2, -0.15) is 0 Å². The van der Waals surface area contributed by atoms with Crippen LogP contribution in [0.3, 0.4) is 0 Å². The molecule has 0 aliphatic carbocycles. The summed E-state index contributed by atoms with van der Waals surface area (Å²) >= 11 is 0. The summed E-state index contributed by atoms with van der Waals surface area (Å²) < 4.78 is 11.3. The third kappa shape index (κ3) is 6.76. The predicted octanol–water partition coefficient (Wildman–Crippen LogP) is 1.69. The Balaban J connectivity index is 0.00000243. The molecule has 26 heavy (non-hydrogen) atoms. The highest BCUT2D eigenvalue weighted by molar-refractivity contribution is 5.94. The van der Waals surface area contributed by atoms with E-state index in [4.69, 9.17) is 9.47 Å². The molecule has 2 N–H and O–H groups in total. The van der Waals surface area contributed by atoms with Crippen molar-refractivity contribution in [1.29, 1.82) is 0 Å². The number of carbonyl (C=O) groups is 1. The normalized spacial score (nSPS) is 20.4. The molecule has 1 atom stereocenters. The van der Waals surface area contributed by atoms with E-state index in [-0.39, 0.29) is 24.4 Å². The number of carbonyl (C=O) groups excluding carboxylic acids is 1. The standard InChI is InChI=1S/C19H29N3O3.ClH/c23-19(21-8-2-11-22-12-9-20-10-13-22)16-4-6-17(7-5-16)25-15-18-3-1-14-24-18;/h4-7,18,20H,1-3,8-15H2,(H,21,23);1H. The van der Waals surface area contributed by atoms with Gasteiger partial charge in [-0.1, -0.05) is 0 Å². The first-order chi connectivity index (χ1) is 12.3. The zero-order chi connectivity index (χ0) is 17.3. The Morgan fingerprint density at radius 3 is 2.73 bits per heavy atom. The van der Waals surface area contributed by atoms with Gasteiger partial charge in [0.05, 0.1) is 6.10 Å². The van der Waals surface area contributed by atoms with Crippen LogP contribution in [-0.4, -0.2) is 69.4 Å². The molecule has 0 spiro atoms. The van der Waals surface area contributed by atoms with E-state index < -0.39 is 0 Å². The highest BCUT2D eigenvalue weighted by Gasteiger charge is 2.16. The van der Waals surface area contributed by atoms with Crippen LogP contribution >= 0.6 is 12.4 Å². The minimum absolute atomic E-state index is 0. The van der Waals surface area contributed by atoms with Gasteiger partial charge in [0.15, 0.2) is 0 Å². The molecule has 3 rings (SSSR count). The first-order valence-electron chi connectivity index (χ1n) is 9.37. The lowest BCUT2D eigenvalue weighted by Gasteiger charge is -2.27. The number of rotatable bonds is 8. The number of benzene rings is 1. The Morgan fingerprint density at radius 1 is 1.27 bits per heavy atom. The van der Waals surface area contributed by atoms with Gasteiger partial charge in [0, 0.05) is 44.9 Å². The number of amides is 1. The summed E-state index contributed by atoms with van der Waals surface area (Å²) in [5.74, 6) is 0.761. The van der Waals surface area contributed by atoms with Gasteiger partial charge < -0.3 is 25.0 Å². The highest BCUT2D eigenvalue weighted by Crippen LogP contribution is 2.16. The van der Waals surface area contributed by atoms with Crippen LogP contribution < -0.4 is 15.4 Å². The predicted molar refractivity (Wildman–Crippen MR) is 104 cm³/mol. The Morgan fingerprint density at radius 2 is 2.04 bits per heavy atom. The molecule has 1 unspecified atom stereocenters. The largest absolute Gasteiger partial charge is 0.491 e. The quantitative estimate of drug-likeness (QED) is 0.669. The smallest absolute Gasteiger partial charge is 0.251 e. The molecule has 2 fully saturated rings. The molecule has 2 aliphatic rings. The summed E-state index contributed by atoms with van der Waals surface area (Å²) in [5.41, 5.74) is 0.673. The summed E-state index contributed by atoms with van der Waals surface area (Å²) in [7, 11) is 0. The van der Waals surface area contributed by atoms with Crippen LogP contribution in [0.15, 0.2) is 24.3 Å². The number of nitrogens with zero attached hydrogens (tertiary/aromatic N) is 1. The Hall–Kier alpha value is -1.34. The fourth-order valence-electron chi connectivity index (χ4n) is 3.21. The number of ether oxygens (including phenoxy) is 2. The van der Waals surface area contributed by atoms with E-state index in [1.165, 1.54) is 0 Å². The average Bonchev–Trinajstić information content (AvgIpc) is 3.18. The van der Waals surface area contributed by atoms with Gasteiger partial charge in [-0.25, -0.2) is 0 Å². The molecule has 0 radical (unpaired) electrons. The van der Waals surface area contributed by atoms with Gasteiger partial charge >= 0.3 is 0 Å². The van der Waals surface area contributed by atoms with E-state index in [1.807, 2.05) is 24.3 Å². The lowest BCUT2D eigenvalue weighted by molar-refractivity contribution is 0.0679. The van der Waals surface area contributed by atoms with E-state index >= 15 is 0 Å². The molecule has 146 valence electrons. The molecular weight excluding hydrogens is 354 g/mol. The molecule has 2 heterocycles. The van der Waals surface area contributed by atoms with Crippen LogP contribution in [0.25, 0.3) is 0 Å². The van der Waals surface area contributed by atoms with E-state index in [0.717, 1.165) is 64.3 Å². The second kappa shape index (κ2) is 11.4. The Kier molecular flexibility index (Phi) is 9.18. The summed E-state index contributed by atoms with van der Waals surface area (Å²) in [5, 5.41) is 6.34. The third-order valence-corrected chi connectivity index (χ3v) is 4.72. The summed E-state index contributed by atoms with van der Waals surface area (Å²) in [6.45, 7) is 7.49. The van der Waals surface area contributed by atoms with Crippen molar-refractivity contribution in [3.8, 4) is 5.75 Å². The van der Waals surface area contributed by atoms with Crippen molar-refractivity contribution in [2.45, 2.75) is 25.4 Å². The summed E-state index contributed by atoms with van der Waals surface area (Å²) in [6, 6.07) is 7.34. The van der Waals surface area contributed by atoms with Crippen molar-refractivity contribution in [3.05, 3.63) is 29.8 Å². The number of hydrogen-bond donors (Lipinski definition) is 2. The van der Waals surface area contributed by atoms with Crippen molar-refractivity contribution >= 4 is 18.3 Å². The fraction of sp³-hybridized carbons (Fsp3) is 0.632. The molecule has 6 nitrogen and oxygen atoms in total. The molecule has 7 heteroatoms. The molecule has 0 aromatic heterocycles. The van der Waals surface area contributed by atoms with Crippen molar-refractivity contribution in [2.24, 2.45) is 0 Å². The van der Waals surface area contributed by atoms with E-state index in [1.54, 1.807) is 0 Å². The molecular formula is C19H30ClN3O3. The van der Waals surface area contributed by atoms with Gasteiger partial charge in [-0.05, 0) is 50.1 Å². The summed E-state index contributed by atoms with van der Waals surface area (Å²) in [4.78, 5) is 14.6. The zero-order valence-electron chi connectivity index (χ0n) is 15.2. The van der Waals surface area contributed by atoms with E-state index in [2.05, 4.69) is 15.5 Å². The first kappa shape index (κ1) is 21.0. The van der Waals surface area contributed by atoms with Gasteiger partial charge in [0.25, 0.3) is 5.91 Å². The van der Waals surface area contributed by atoms with Gasteiger partial charge in [-0.15, -0.1) is 12.4 Å². The van der Waals surface area contributed by atoms with Crippen molar-refractivity contribution in [1.82, 2.24) is 15.5 Å². The molecule has 0 saturated carbocycles. The van der Waals surface area contributed by atoms with Crippen LogP contribution in [0.2, 0.25) is 0 Å². The molecule has 1 aromatic rings. The molecule has 1 aromatic carbocycles. The molecule has 2 saturated heterocycles. The monoisotopic (exact) mass is 383 g/mol. The Labute approximate surface area is 162 Å². The zero-order valence-corrected chi connectivity index (χ0v) is 16.1. The number of hydrogen-bond acceptors (Lipinski definition) is 5. The van der Waals surface area contributed by atoms with Crippen LogP contribution in [0, 0.1) is 0 Å². The van der Waals surface area contributed by atoms with Crippen molar-refractivity contribution < 1.29 is 14.3 Å². The SMILES string of the molecule is Cl.O=C(NCCCN1CCNCC1)c1ccc(OCC2CCCO2)cc1. The second-order valence-corrected chi connectivity index (χ2v) is 6.67. The lowest BCUT2D eigenvalue weighted by atomic mass is 10.2. The van der Waals surface area contributed by atoms with Crippen LogP contribution in [-0.2, 0) is 4.74 Å².